The summed E-state index contributed by atoms with van der Waals surface area (Å²) >= 11 is 0. The van der Waals surface area contributed by atoms with Crippen LogP contribution in [0.4, 0.5) is 5.82 Å². The predicted octanol–water partition coefficient (Wildman–Crippen LogP) is 2.33. The van der Waals surface area contributed by atoms with E-state index in [1.807, 2.05) is 29.2 Å². The summed E-state index contributed by atoms with van der Waals surface area (Å²) in [4.78, 5) is 22.5. The fourth-order valence-electron chi connectivity index (χ4n) is 2.69. The van der Waals surface area contributed by atoms with Gasteiger partial charge in [0.2, 0.25) is 0 Å². The van der Waals surface area contributed by atoms with Crippen LogP contribution in [0.15, 0.2) is 36.7 Å². The predicted molar refractivity (Wildman–Crippen MR) is 87.5 cm³/mol. The van der Waals surface area contributed by atoms with Crippen LogP contribution >= 0.6 is 0 Å². The summed E-state index contributed by atoms with van der Waals surface area (Å²) in [6, 6.07) is 9.50. The number of nitrogens with one attached hydrogen (secondary N) is 1. The standard InChI is InChI=1S/C17H20N4O2/c1-23-15-7-3-2-6-13(15)11-18-16-10-14(19-12-20-16)17(22)21-8-4-5-9-21/h2-3,6-7,10,12H,4-5,8-9,11H2,1H3,(H,18,19,20). The van der Waals surface area contributed by atoms with Gasteiger partial charge in [-0.1, -0.05) is 18.2 Å². The van der Waals surface area contributed by atoms with Crippen molar-refractivity contribution in [2.75, 3.05) is 25.5 Å². The van der Waals surface area contributed by atoms with Crippen LogP contribution in [0.3, 0.4) is 0 Å². The second-order valence-corrected chi connectivity index (χ2v) is 5.45. The highest BCUT2D eigenvalue weighted by molar-refractivity contribution is 5.93. The summed E-state index contributed by atoms with van der Waals surface area (Å²) < 4.78 is 5.33. The van der Waals surface area contributed by atoms with Crippen LogP contribution in [0.1, 0.15) is 28.9 Å². The molecule has 0 spiro atoms. The van der Waals surface area contributed by atoms with Crippen LogP contribution in [0.25, 0.3) is 0 Å². The highest BCUT2D eigenvalue weighted by Gasteiger charge is 2.20. The Morgan fingerprint density at radius 2 is 2.04 bits per heavy atom. The van der Waals surface area contributed by atoms with Gasteiger partial charge in [0.05, 0.1) is 7.11 Å². The SMILES string of the molecule is COc1ccccc1CNc1cc(C(=O)N2CCCC2)ncn1. The molecule has 0 bridgehead atoms. The minimum atomic E-state index is -0.0229. The van der Waals surface area contributed by atoms with E-state index in [4.69, 9.17) is 4.74 Å². The molecule has 2 aromatic rings. The lowest BCUT2D eigenvalue weighted by molar-refractivity contribution is 0.0787. The van der Waals surface area contributed by atoms with Gasteiger partial charge in [0.25, 0.3) is 5.91 Å². The van der Waals surface area contributed by atoms with E-state index in [1.54, 1.807) is 13.2 Å². The molecule has 0 saturated carbocycles. The van der Waals surface area contributed by atoms with Crippen LogP contribution in [0.5, 0.6) is 5.75 Å². The van der Waals surface area contributed by atoms with E-state index in [9.17, 15) is 4.79 Å². The quantitative estimate of drug-likeness (QED) is 0.918. The Hall–Kier alpha value is -2.63. The van der Waals surface area contributed by atoms with E-state index < -0.39 is 0 Å². The van der Waals surface area contributed by atoms with Gasteiger partial charge in [-0.3, -0.25) is 4.79 Å². The molecule has 0 aliphatic carbocycles. The summed E-state index contributed by atoms with van der Waals surface area (Å²) in [5.41, 5.74) is 1.46. The van der Waals surface area contributed by atoms with Gasteiger partial charge in [0.15, 0.2) is 0 Å². The number of aromatic nitrogens is 2. The summed E-state index contributed by atoms with van der Waals surface area (Å²) in [5, 5.41) is 3.22. The minimum absolute atomic E-state index is 0.0229. The van der Waals surface area contributed by atoms with Crippen molar-refractivity contribution in [3.05, 3.63) is 47.9 Å². The molecule has 1 aliphatic heterocycles. The van der Waals surface area contributed by atoms with E-state index in [0.717, 1.165) is 37.2 Å². The number of methoxy groups -OCH3 is 1. The van der Waals surface area contributed by atoms with E-state index in [2.05, 4.69) is 15.3 Å². The normalized spacial score (nSPS) is 13.9. The molecule has 6 nitrogen and oxygen atoms in total. The summed E-state index contributed by atoms with van der Waals surface area (Å²) in [7, 11) is 1.65. The average Bonchev–Trinajstić information content (AvgIpc) is 3.14. The van der Waals surface area contributed by atoms with Gasteiger partial charge in [-0.05, 0) is 18.9 Å². The van der Waals surface area contributed by atoms with Crippen molar-refractivity contribution in [2.24, 2.45) is 0 Å². The lowest BCUT2D eigenvalue weighted by atomic mass is 10.2. The first-order chi connectivity index (χ1) is 11.3. The number of anilines is 1. The molecule has 1 N–H and O–H groups in total. The molecule has 0 unspecified atom stereocenters. The molecule has 1 aromatic carbocycles. The van der Waals surface area contributed by atoms with Gasteiger partial charge in [-0.15, -0.1) is 0 Å². The van der Waals surface area contributed by atoms with Crippen molar-refractivity contribution >= 4 is 11.7 Å². The molecule has 120 valence electrons. The molecule has 1 amide bonds. The van der Waals surface area contributed by atoms with Gasteiger partial charge in [0.1, 0.15) is 23.6 Å². The number of hydrogen-bond acceptors (Lipinski definition) is 5. The van der Waals surface area contributed by atoms with Crippen LogP contribution in [-0.4, -0.2) is 41.0 Å². The molecular formula is C17H20N4O2. The first-order valence-electron chi connectivity index (χ1n) is 7.75. The highest BCUT2D eigenvalue weighted by Crippen LogP contribution is 2.19. The number of carbonyl (C=O) groups excluding carboxylic acids is 1. The Balaban J connectivity index is 1.69. The molecule has 3 rings (SSSR count). The maximum atomic E-state index is 12.4. The van der Waals surface area contributed by atoms with E-state index >= 15 is 0 Å². The molecular weight excluding hydrogens is 292 g/mol. The Morgan fingerprint density at radius 1 is 1.26 bits per heavy atom. The van der Waals surface area contributed by atoms with Crippen molar-refractivity contribution in [1.29, 1.82) is 0 Å². The largest absolute Gasteiger partial charge is 0.496 e. The third kappa shape index (κ3) is 3.59. The number of benzene rings is 1. The van der Waals surface area contributed by atoms with Gasteiger partial charge in [-0.2, -0.15) is 0 Å². The first-order valence-corrected chi connectivity index (χ1v) is 7.75. The van der Waals surface area contributed by atoms with E-state index in [-0.39, 0.29) is 5.91 Å². The molecule has 1 saturated heterocycles. The lowest BCUT2D eigenvalue weighted by Crippen LogP contribution is -2.28. The number of para-hydroxylation sites is 1. The molecule has 1 aromatic heterocycles. The van der Waals surface area contributed by atoms with Crippen molar-refractivity contribution in [3.63, 3.8) is 0 Å². The highest BCUT2D eigenvalue weighted by atomic mass is 16.5. The molecule has 2 heterocycles. The number of carbonyl (C=O) groups is 1. The molecule has 1 fully saturated rings. The zero-order valence-electron chi connectivity index (χ0n) is 13.2. The molecule has 6 heteroatoms. The van der Waals surface area contributed by atoms with Crippen LogP contribution in [0.2, 0.25) is 0 Å². The summed E-state index contributed by atoms with van der Waals surface area (Å²) in [6.45, 7) is 2.19. The second kappa shape index (κ2) is 7.09. The lowest BCUT2D eigenvalue weighted by Gasteiger charge is -2.15. The molecule has 0 atom stereocenters. The van der Waals surface area contributed by atoms with E-state index in [1.165, 1.54) is 6.33 Å². The second-order valence-electron chi connectivity index (χ2n) is 5.45. The van der Waals surface area contributed by atoms with Crippen molar-refractivity contribution in [3.8, 4) is 5.75 Å². The maximum Gasteiger partial charge on any atom is 0.272 e. The Kier molecular flexibility index (Phi) is 4.71. The van der Waals surface area contributed by atoms with Gasteiger partial charge >= 0.3 is 0 Å². The third-order valence-corrected chi connectivity index (χ3v) is 3.93. The Labute approximate surface area is 135 Å². The molecule has 23 heavy (non-hydrogen) atoms. The smallest absolute Gasteiger partial charge is 0.272 e. The number of nitrogens with zero attached hydrogens (tertiary/aromatic N) is 3. The average molecular weight is 312 g/mol. The number of amides is 1. The van der Waals surface area contributed by atoms with Crippen LogP contribution < -0.4 is 10.1 Å². The third-order valence-electron chi connectivity index (χ3n) is 3.93. The maximum absolute atomic E-state index is 12.4. The van der Waals surface area contributed by atoms with Crippen molar-refractivity contribution < 1.29 is 9.53 Å². The van der Waals surface area contributed by atoms with Crippen molar-refractivity contribution in [2.45, 2.75) is 19.4 Å². The van der Waals surface area contributed by atoms with Crippen LogP contribution in [0, 0.1) is 0 Å². The first kappa shape index (κ1) is 15.3. The molecule has 1 aliphatic rings. The molecule has 0 radical (unpaired) electrons. The summed E-state index contributed by atoms with van der Waals surface area (Å²) in [5.74, 6) is 1.43. The van der Waals surface area contributed by atoms with Crippen LogP contribution in [-0.2, 0) is 6.54 Å². The number of likely N-dealkylation sites (tertiary alicyclic amines) is 1. The van der Waals surface area contributed by atoms with E-state index in [0.29, 0.717) is 18.1 Å². The number of hydrogen-bond donors (Lipinski definition) is 1. The Morgan fingerprint density at radius 3 is 2.83 bits per heavy atom. The fourth-order valence-corrected chi connectivity index (χ4v) is 2.69. The fraction of sp³-hybridized carbons (Fsp3) is 0.353. The zero-order chi connectivity index (χ0) is 16.1. The number of ether oxygens (including phenoxy) is 1. The van der Waals surface area contributed by atoms with Crippen molar-refractivity contribution in [1.82, 2.24) is 14.9 Å². The number of rotatable bonds is 5. The van der Waals surface area contributed by atoms with Gasteiger partial charge < -0.3 is 15.0 Å². The Bertz CT molecular complexity index is 684. The summed E-state index contributed by atoms with van der Waals surface area (Å²) in [6.07, 6.45) is 3.55. The minimum Gasteiger partial charge on any atom is -0.496 e. The monoisotopic (exact) mass is 312 g/mol. The van der Waals surface area contributed by atoms with Gasteiger partial charge in [-0.25, -0.2) is 9.97 Å². The van der Waals surface area contributed by atoms with Gasteiger partial charge in [0, 0.05) is 31.3 Å². The topological polar surface area (TPSA) is 67.3 Å². The zero-order valence-corrected chi connectivity index (χ0v) is 13.2.